The molecule has 0 bridgehead atoms. The zero-order valence-corrected chi connectivity index (χ0v) is 15.8. The number of nitrogens with zero attached hydrogens (tertiary/aromatic N) is 1. The van der Waals surface area contributed by atoms with Gasteiger partial charge in [0.25, 0.3) is 0 Å². The molecule has 0 radical (unpaired) electrons. The van der Waals surface area contributed by atoms with Crippen molar-refractivity contribution in [3.05, 3.63) is 70.8 Å². The second kappa shape index (κ2) is 8.09. The van der Waals surface area contributed by atoms with Crippen LogP contribution in [0.2, 0.25) is 0 Å². The lowest BCUT2D eigenvalue weighted by atomic mass is 10.00. The maximum Gasteiger partial charge on any atom is 0.416 e. The van der Waals surface area contributed by atoms with E-state index in [1.165, 1.54) is 19.3 Å². The fraction of sp³-hybridized carbons (Fsp3) is 0.318. The number of carbonyl (C=O) groups excluding carboxylic acids is 1. The summed E-state index contributed by atoms with van der Waals surface area (Å²) in [5.74, 6) is 0.141. The van der Waals surface area contributed by atoms with Crippen molar-refractivity contribution in [3.8, 4) is 5.75 Å². The van der Waals surface area contributed by atoms with E-state index < -0.39 is 17.8 Å². The van der Waals surface area contributed by atoms with E-state index >= 15 is 0 Å². The molecule has 1 fully saturated rings. The smallest absolute Gasteiger partial charge is 0.416 e. The monoisotopic (exact) mass is 389 g/mol. The van der Waals surface area contributed by atoms with Crippen molar-refractivity contribution in [2.24, 2.45) is 0 Å². The minimum absolute atomic E-state index is 0.220. The van der Waals surface area contributed by atoms with Gasteiger partial charge in [-0.2, -0.15) is 13.2 Å². The van der Waals surface area contributed by atoms with Crippen molar-refractivity contribution >= 4 is 12.0 Å². The van der Waals surface area contributed by atoms with Crippen molar-refractivity contribution < 1.29 is 22.7 Å². The van der Waals surface area contributed by atoms with Crippen LogP contribution >= 0.6 is 0 Å². The minimum Gasteiger partial charge on any atom is -0.496 e. The fourth-order valence-corrected chi connectivity index (χ4v) is 3.47. The summed E-state index contributed by atoms with van der Waals surface area (Å²) in [4.78, 5) is 14.3. The van der Waals surface area contributed by atoms with Gasteiger partial charge >= 0.3 is 6.18 Å². The number of hydrogen-bond donors (Lipinski definition) is 0. The van der Waals surface area contributed by atoms with E-state index in [1.54, 1.807) is 11.0 Å². The summed E-state index contributed by atoms with van der Waals surface area (Å²) in [5, 5.41) is 0. The molecule has 3 rings (SSSR count). The average Bonchev–Trinajstić information content (AvgIpc) is 3.15. The first-order valence-corrected chi connectivity index (χ1v) is 9.10. The summed E-state index contributed by atoms with van der Waals surface area (Å²) in [6.45, 7) is 2.48. The van der Waals surface area contributed by atoms with Crippen LogP contribution in [-0.4, -0.2) is 24.5 Å². The zero-order valence-electron chi connectivity index (χ0n) is 15.8. The van der Waals surface area contributed by atoms with Gasteiger partial charge in [0.2, 0.25) is 5.91 Å². The van der Waals surface area contributed by atoms with Crippen LogP contribution in [0.15, 0.2) is 48.5 Å². The van der Waals surface area contributed by atoms with Crippen LogP contribution in [0.4, 0.5) is 13.2 Å². The Kier molecular flexibility index (Phi) is 5.77. The molecule has 0 aromatic heterocycles. The molecule has 148 valence electrons. The van der Waals surface area contributed by atoms with Gasteiger partial charge in [0.15, 0.2) is 0 Å². The van der Waals surface area contributed by atoms with E-state index in [2.05, 4.69) is 0 Å². The number of carbonyl (C=O) groups is 1. The molecule has 1 aliphatic heterocycles. The van der Waals surface area contributed by atoms with Crippen molar-refractivity contribution in [1.29, 1.82) is 0 Å². The molecule has 0 saturated carbocycles. The summed E-state index contributed by atoms with van der Waals surface area (Å²) in [5.41, 5.74) is 1.68. The molecule has 1 heterocycles. The van der Waals surface area contributed by atoms with E-state index in [1.807, 2.05) is 31.2 Å². The minimum atomic E-state index is -4.44. The Morgan fingerprint density at radius 3 is 2.54 bits per heavy atom. The lowest BCUT2D eigenvalue weighted by molar-refractivity contribution is -0.137. The molecule has 2 aromatic carbocycles. The summed E-state index contributed by atoms with van der Waals surface area (Å²) in [7, 11) is 1.42. The van der Waals surface area contributed by atoms with Gasteiger partial charge in [0.05, 0.1) is 18.7 Å². The van der Waals surface area contributed by atoms with Gasteiger partial charge < -0.3 is 9.64 Å². The first kappa shape index (κ1) is 20.0. The molecule has 1 aliphatic rings. The van der Waals surface area contributed by atoms with Gasteiger partial charge in [0.1, 0.15) is 5.75 Å². The van der Waals surface area contributed by atoms with Gasteiger partial charge in [-0.1, -0.05) is 29.8 Å². The number of aryl methyl sites for hydroxylation is 1. The second-order valence-corrected chi connectivity index (χ2v) is 6.89. The maximum atomic E-state index is 13.2. The summed E-state index contributed by atoms with van der Waals surface area (Å²) in [6.07, 6.45) is 0.0827. The number of alkyl halides is 3. The number of amides is 1. The first-order chi connectivity index (χ1) is 13.3. The van der Waals surface area contributed by atoms with E-state index in [0.717, 1.165) is 29.7 Å². The zero-order chi connectivity index (χ0) is 20.3. The number of hydrogen-bond acceptors (Lipinski definition) is 2. The molecule has 1 saturated heterocycles. The Balaban J connectivity index is 1.86. The molecular formula is C22H22F3NO2. The fourth-order valence-electron chi connectivity index (χ4n) is 3.47. The van der Waals surface area contributed by atoms with Crippen molar-refractivity contribution in [1.82, 2.24) is 4.90 Å². The number of rotatable bonds is 4. The molecule has 6 heteroatoms. The quantitative estimate of drug-likeness (QED) is 0.656. The van der Waals surface area contributed by atoms with Crippen LogP contribution in [-0.2, 0) is 11.0 Å². The number of ether oxygens (including phenoxy) is 1. The molecule has 1 unspecified atom stereocenters. The van der Waals surface area contributed by atoms with Crippen LogP contribution in [0.25, 0.3) is 6.08 Å². The number of likely N-dealkylation sites (tertiary alicyclic amines) is 1. The Labute approximate surface area is 162 Å². The standard InChI is InChI=1S/C22H22F3NO2/c1-15-5-7-16(8-6-15)9-12-21(27)26-13-3-4-19(26)18-14-17(22(23,24)25)10-11-20(18)28-2/h5-12,14,19H,3-4,13H2,1-2H3/b12-9+. The van der Waals surface area contributed by atoms with Crippen molar-refractivity contribution in [2.45, 2.75) is 32.0 Å². The Morgan fingerprint density at radius 2 is 1.89 bits per heavy atom. The van der Waals surface area contributed by atoms with Crippen molar-refractivity contribution in [2.75, 3.05) is 13.7 Å². The van der Waals surface area contributed by atoms with Gasteiger partial charge in [-0.05, 0) is 49.6 Å². The molecule has 2 aromatic rings. The predicted molar refractivity (Wildman–Crippen MR) is 102 cm³/mol. The maximum absolute atomic E-state index is 13.2. The highest BCUT2D eigenvalue weighted by molar-refractivity contribution is 5.92. The first-order valence-electron chi connectivity index (χ1n) is 9.10. The topological polar surface area (TPSA) is 29.5 Å². The Hall–Kier alpha value is -2.76. The third-order valence-electron chi connectivity index (χ3n) is 4.95. The number of benzene rings is 2. The molecule has 28 heavy (non-hydrogen) atoms. The highest BCUT2D eigenvalue weighted by Crippen LogP contribution is 2.40. The van der Waals surface area contributed by atoms with Crippen LogP contribution in [0, 0.1) is 6.92 Å². The van der Waals surface area contributed by atoms with Gasteiger partial charge in [-0.15, -0.1) is 0 Å². The molecular weight excluding hydrogens is 367 g/mol. The van der Waals surface area contributed by atoms with Crippen LogP contribution in [0.3, 0.4) is 0 Å². The molecule has 1 amide bonds. The molecule has 1 atom stereocenters. The third-order valence-corrected chi connectivity index (χ3v) is 4.95. The summed E-state index contributed by atoms with van der Waals surface area (Å²) >= 11 is 0. The lowest BCUT2D eigenvalue weighted by Gasteiger charge is -2.26. The van der Waals surface area contributed by atoms with Gasteiger partial charge in [-0.3, -0.25) is 4.79 Å². The van der Waals surface area contributed by atoms with Crippen LogP contribution < -0.4 is 4.74 Å². The highest BCUT2D eigenvalue weighted by atomic mass is 19.4. The van der Waals surface area contributed by atoms with E-state index in [0.29, 0.717) is 24.3 Å². The molecule has 0 N–H and O–H groups in total. The van der Waals surface area contributed by atoms with Gasteiger partial charge in [-0.25, -0.2) is 0 Å². The number of methoxy groups -OCH3 is 1. The Bertz CT molecular complexity index is 872. The van der Waals surface area contributed by atoms with Gasteiger partial charge in [0, 0.05) is 18.2 Å². The van der Waals surface area contributed by atoms with E-state index in [9.17, 15) is 18.0 Å². The summed E-state index contributed by atoms with van der Waals surface area (Å²) in [6, 6.07) is 10.7. The van der Waals surface area contributed by atoms with E-state index in [4.69, 9.17) is 4.74 Å². The normalized spacial score (nSPS) is 17.3. The lowest BCUT2D eigenvalue weighted by Crippen LogP contribution is -2.29. The SMILES string of the molecule is COc1ccc(C(F)(F)F)cc1C1CCCN1C(=O)/C=C/c1ccc(C)cc1. The van der Waals surface area contributed by atoms with Crippen molar-refractivity contribution in [3.63, 3.8) is 0 Å². The second-order valence-electron chi connectivity index (χ2n) is 6.89. The largest absolute Gasteiger partial charge is 0.496 e. The average molecular weight is 389 g/mol. The molecule has 0 aliphatic carbocycles. The van der Waals surface area contributed by atoms with Crippen LogP contribution in [0.1, 0.15) is 41.1 Å². The molecule has 3 nitrogen and oxygen atoms in total. The van der Waals surface area contributed by atoms with Crippen LogP contribution in [0.5, 0.6) is 5.75 Å². The Morgan fingerprint density at radius 1 is 1.18 bits per heavy atom. The molecule has 0 spiro atoms. The predicted octanol–water partition coefficient (Wildman–Crippen LogP) is 5.40. The van der Waals surface area contributed by atoms with E-state index in [-0.39, 0.29) is 5.91 Å². The number of halogens is 3. The summed E-state index contributed by atoms with van der Waals surface area (Å²) < 4.78 is 44.7. The third kappa shape index (κ3) is 4.38. The highest BCUT2D eigenvalue weighted by Gasteiger charge is 2.35.